The first-order valence-electron chi connectivity index (χ1n) is 9.96. The molecule has 8 heteroatoms. The number of anilines is 3. The first kappa shape index (κ1) is 17.9. The van der Waals surface area contributed by atoms with E-state index in [0.29, 0.717) is 38.3 Å². The second-order valence-electron chi connectivity index (χ2n) is 7.55. The van der Waals surface area contributed by atoms with E-state index in [-0.39, 0.29) is 5.92 Å². The van der Waals surface area contributed by atoms with Crippen LogP contribution in [0.2, 0.25) is 0 Å². The van der Waals surface area contributed by atoms with Crippen molar-refractivity contribution in [2.75, 3.05) is 36.5 Å². The molecule has 3 heterocycles. The smallest absolute Gasteiger partial charge is 0.306 e. The summed E-state index contributed by atoms with van der Waals surface area (Å²) in [6, 6.07) is 8.16. The number of carboxylic acid groups (broad SMARTS) is 1. The van der Waals surface area contributed by atoms with Crippen LogP contribution in [0.5, 0.6) is 0 Å². The van der Waals surface area contributed by atoms with Crippen molar-refractivity contribution in [2.45, 2.75) is 19.3 Å². The summed E-state index contributed by atoms with van der Waals surface area (Å²) in [6.45, 7) is 3.12. The lowest BCUT2D eigenvalue weighted by Crippen LogP contribution is -2.36. The monoisotopic (exact) mass is 393 g/mol. The van der Waals surface area contributed by atoms with Crippen molar-refractivity contribution in [1.29, 1.82) is 0 Å². The molecule has 3 aromatic rings. The number of H-pyrrole nitrogens is 1. The molecule has 1 aromatic carbocycles. The van der Waals surface area contributed by atoms with Crippen molar-refractivity contribution in [3.63, 3.8) is 0 Å². The Kier molecular flexibility index (Phi) is 4.55. The van der Waals surface area contributed by atoms with E-state index in [1.807, 2.05) is 18.2 Å². The molecular formula is C21H23N5O3. The summed E-state index contributed by atoms with van der Waals surface area (Å²) >= 11 is 0. The average molecular weight is 393 g/mol. The number of morpholine rings is 1. The third-order valence-electron chi connectivity index (χ3n) is 5.83. The van der Waals surface area contributed by atoms with Gasteiger partial charge in [-0.05, 0) is 37.0 Å². The van der Waals surface area contributed by atoms with E-state index in [4.69, 9.17) is 4.74 Å². The van der Waals surface area contributed by atoms with Crippen LogP contribution in [0, 0.1) is 5.92 Å². The van der Waals surface area contributed by atoms with E-state index in [0.717, 1.165) is 46.8 Å². The van der Waals surface area contributed by atoms with Crippen LogP contribution < -0.4 is 10.2 Å². The number of aromatic nitrogens is 3. The van der Waals surface area contributed by atoms with Gasteiger partial charge in [-0.2, -0.15) is 0 Å². The minimum atomic E-state index is -0.742. The van der Waals surface area contributed by atoms with Crippen molar-refractivity contribution in [1.82, 2.24) is 15.0 Å². The molecule has 1 fully saturated rings. The second-order valence-corrected chi connectivity index (χ2v) is 7.55. The number of rotatable bonds is 4. The van der Waals surface area contributed by atoms with Gasteiger partial charge in [0.2, 0.25) is 0 Å². The maximum absolute atomic E-state index is 11.5. The van der Waals surface area contributed by atoms with Crippen LogP contribution in [0.3, 0.4) is 0 Å². The third-order valence-corrected chi connectivity index (χ3v) is 5.83. The largest absolute Gasteiger partial charge is 0.481 e. The zero-order chi connectivity index (χ0) is 19.8. The normalized spacial score (nSPS) is 19.2. The topological polar surface area (TPSA) is 103 Å². The average Bonchev–Trinajstić information content (AvgIpc) is 3.13. The van der Waals surface area contributed by atoms with E-state index < -0.39 is 5.97 Å². The molecule has 1 aliphatic heterocycles. The quantitative estimate of drug-likeness (QED) is 0.626. The van der Waals surface area contributed by atoms with Crippen LogP contribution in [0.15, 0.2) is 30.6 Å². The van der Waals surface area contributed by atoms with Gasteiger partial charge >= 0.3 is 5.97 Å². The minimum absolute atomic E-state index is 0.366. The van der Waals surface area contributed by atoms with E-state index in [9.17, 15) is 9.90 Å². The van der Waals surface area contributed by atoms with Gasteiger partial charge in [0.1, 0.15) is 17.8 Å². The van der Waals surface area contributed by atoms with E-state index in [2.05, 4.69) is 31.2 Å². The molecule has 0 saturated carbocycles. The fourth-order valence-electron chi connectivity index (χ4n) is 4.33. The maximum atomic E-state index is 11.5. The molecule has 5 rings (SSSR count). The molecule has 0 unspecified atom stereocenters. The molecule has 0 radical (unpaired) electrons. The van der Waals surface area contributed by atoms with E-state index in [1.54, 1.807) is 6.33 Å². The van der Waals surface area contributed by atoms with E-state index in [1.165, 1.54) is 0 Å². The number of hydrogen-bond acceptors (Lipinski definition) is 6. The van der Waals surface area contributed by atoms with Crippen LogP contribution in [0.4, 0.5) is 17.2 Å². The molecule has 1 saturated heterocycles. The first-order valence-corrected chi connectivity index (χ1v) is 9.96. The van der Waals surface area contributed by atoms with E-state index >= 15 is 0 Å². The summed E-state index contributed by atoms with van der Waals surface area (Å²) in [4.78, 5) is 26.1. The van der Waals surface area contributed by atoms with Gasteiger partial charge in [0.05, 0.1) is 35.9 Å². The Balaban J connectivity index is 1.54. The van der Waals surface area contributed by atoms with Gasteiger partial charge in [0.15, 0.2) is 0 Å². The first-order chi connectivity index (χ1) is 14.2. The number of aromatic amines is 1. The number of carboxylic acids is 1. The third kappa shape index (κ3) is 3.29. The molecule has 3 N–H and O–H groups in total. The highest BCUT2D eigenvalue weighted by Crippen LogP contribution is 2.36. The van der Waals surface area contributed by atoms with Crippen molar-refractivity contribution < 1.29 is 14.6 Å². The molecular weight excluding hydrogens is 370 g/mol. The van der Waals surface area contributed by atoms with Crippen molar-refractivity contribution in [3.8, 4) is 0 Å². The fourth-order valence-corrected chi connectivity index (χ4v) is 4.33. The molecule has 2 aliphatic rings. The fraction of sp³-hybridized carbons (Fsp3) is 0.381. The second kappa shape index (κ2) is 7.36. The predicted molar refractivity (Wildman–Crippen MR) is 110 cm³/mol. The number of benzene rings is 1. The number of nitrogens with one attached hydrogen (secondary N) is 2. The van der Waals surface area contributed by atoms with Crippen molar-refractivity contribution in [2.24, 2.45) is 5.92 Å². The lowest BCUT2D eigenvalue weighted by atomic mass is 9.86. The Morgan fingerprint density at radius 1 is 1.24 bits per heavy atom. The number of aliphatic carboxylic acids is 1. The Hall–Kier alpha value is -3.13. The van der Waals surface area contributed by atoms with Gasteiger partial charge < -0.3 is 25.0 Å². The van der Waals surface area contributed by atoms with Crippen LogP contribution in [-0.4, -0.2) is 52.3 Å². The number of hydrogen-bond donors (Lipinski definition) is 3. The Labute approximate surface area is 167 Å². The Bertz CT molecular complexity index is 1060. The number of fused-ring (bicyclic) bond motifs is 3. The summed E-state index contributed by atoms with van der Waals surface area (Å²) in [5.41, 5.74) is 4.92. The summed E-state index contributed by atoms with van der Waals surface area (Å²) in [5.74, 6) is -0.400. The molecule has 29 heavy (non-hydrogen) atoms. The molecule has 150 valence electrons. The van der Waals surface area contributed by atoms with Gasteiger partial charge in [-0.3, -0.25) is 4.79 Å². The lowest BCUT2D eigenvalue weighted by Gasteiger charge is -2.30. The number of carbonyl (C=O) groups is 1. The zero-order valence-corrected chi connectivity index (χ0v) is 16.0. The lowest BCUT2D eigenvalue weighted by molar-refractivity contribution is -0.142. The molecule has 0 spiro atoms. The van der Waals surface area contributed by atoms with Gasteiger partial charge in [0.25, 0.3) is 0 Å². The number of ether oxygens (including phenoxy) is 1. The Morgan fingerprint density at radius 3 is 2.90 bits per heavy atom. The SMILES string of the molecule is O=C(O)[C@H]1CCc2[nH]c3ncnc(Nc4ccccc4N4CCOCC4)c3c2C1. The minimum Gasteiger partial charge on any atom is -0.481 e. The molecule has 0 amide bonds. The van der Waals surface area contributed by atoms with Gasteiger partial charge in [0, 0.05) is 18.8 Å². The van der Waals surface area contributed by atoms with Crippen LogP contribution in [0.25, 0.3) is 11.0 Å². The Morgan fingerprint density at radius 2 is 2.07 bits per heavy atom. The van der Waals surface area contributed by atoms with Crippen LogP contribution >= 0.6 is 0 Å². The highest BCUT2D eigenvalue weighted by Gasteiger charge is 2.29. The van der Waals surface area contributed by atoms with Crippen LogP contribution in [-0.2, 0) is 22.4 Å². The summed E-state index contributed by atoms with van der Waals surface area (Å²) in [5, 5.41) is 13.9. The van der Waals surface area contributed by atoms with Gasteiger partial charge in [-0.15, -0.1) is 0 Å². The predicted octanol–water partition coefficient (Wildman–Crippen LogP) is 2.73. The molecule has 1 atom stereocenters. The zero-order valence-electron chi connectivity index (χ0n) is 16.0. The molecule has 2 aromatic heterocycles. The molecule has 1 aliphatic carbocycles. The summed E-state index contributed by atoms with van der Waals surface area (Å²) in [6.07, 6.45) is 3.40. The number of nitrogens with zero attached hydrogens (tertiary/aromatic N) is 3. The standard InChI is InChI=1S/C21H23N5O3/c27-21(28)13-5-6-15-14(11-13)18-19(24-15)22-12-23-20(18)25-16-3-1-2-4-17(16)26-7-9-29-10-8-26/h1-4,12-13H,5-11H2,(H,27,28)(H2,22,23,24,25)/t13-/m0/s1. The number of aryl methyl sites for hydroxylation is 1. The summed E-state index contributed by atoms with van der Waals surface area (Å²) in [7, 11) is 0. The van der Waals surface area contributed by atoms with Crippen LogP contribution in [0.1, 0.15) is 17.7 Å². The summed E-state index contributed by atoms with van der Waals surface area (Å²) < 4.78 is 5.48. The maximum Gasteiger partial charge on any atom is 0.306 e. The number of para-hydroxylation sites is 2. The van der Waals surface area contributed by atoms with Crippen molar-refractivity contribution in [3.05, 3.63) is 41.9 Å². The molecule has 0 bridgehead atoms. The highest BCUT2D eigenvalue weighted by atomic mass is 16.5. The van der Waals surface area contributed by atoms with Gasteiger partial charge in [-0.1, -0.05) is 12.1 Å². The highest BCUT2D eigenvalue weighted by molar-refractivity contribution is 5.95. The van der Waals surface area contributed by atoms with Crippen molar-refractivity contribution >= 4 is 34.2 Å². The molecule has 8 nitrogen and oxygen atoms in total. The van der Waals surface area contributed by atoms with Gasteiger partial charge in [-0.25, -0.2) is 9.97 Å².